The summed E-state index contributed by atoms with van der Waals surface area (Å²) in [5, 5.41) is 12.2. The Kier molecular flexibility index (Phi) is 10.6. The third kappa shape index (κ3) is 8.06. The molecular formula is C14H31N3O2. The predicted octanol–water partition coefficient (Wildman–Crippen LogP) is 1.51. The second-order valence-corrected chi connectivity index (χ2v) is 4.86. The Morgan fingerprint density at radius 2 is 2.00 bits per heavy atom. The van der Waals surface area contributed by atoms with Gasteiger partial charge in [0.05, 0.1) is 0 Å². The maximum absolute atomic E-state index is 9.14. The molecule has 0 aromatic heterocycles. The zero-order valence-corrected chi connectivity index (χ0v) is 12.7. The number of aliphatic imine (C=N–C) groups is 1. The van der Waals surface area contributed by atoms with Gasteiger partial charge < -0.3 is 20.9 Å². The van der Waals surface area contributed by atoms with E-state index in [4.69, 9.17) is 15.6 Å². The van der Waals surface area contributed by atoms with E-state index in [1.807, 2.05) is 6.92 Å². The van der Waals surface area contributed by atoms with Crippen LogP contribution >= 0.6 is 0 Å². The molecule has 0 spiro atoms. The van der Waals surface area contributed by atoms with E-state index >= 15 is 0 Å². The van der Waals surface area contributed by atoms with Gasteiger partial charge in [-0.3, -0.25) is 4.99 Å². The first kappa shape index (κ1) is 18.2. The van der Waals surface area contributed by atoms with E-state index in [1.165, 1.54) is 0 Å². The van der Waals surface area contributed by atoms with Gasteiger partial charge in [-0.05, 0) is 38.0 Å². The third-order valence-corrected chi connectivity index (χ3v) is 3.70. The third-order valence-electron chi connectivity index (χ3n) is 3.70. The van der Waals surface area contributed by atoms with Gasteiger partial charge in [0.15, 0.2) is 5.96 Å². The first-order chi connectivity index (χ1) is 9.14. The van der Waals surface area contributed by atoms with Crippen molar-refractivity contribution in [2.75, 3.05) is 32.9 Å². The van der Waals surface area contributed by atoms with Gasteiger partial charge in [0.2, 0.25) is 0 Å². The van der Waals surface area contributed by atoms with Crippen LogP contribution in [0.5, 0.6) is 0 Å². The van der Waals surface area contributed by atoms with Crippen molar-refractivity contribution < 1.29 is 9.84 Å². The standard InChI is InChI=1S/C14H31N3O2/c1-4-14(5-2,8-10-18)12-17-13(15)16-9-7-11-19-6-3/h18H,4-12H2,1-3H3,(H3,15,16,17). The Morgan fingerprint density at radius 1 is 1.32 bits per heavy atom. The fourth-order valence-electron chi connectivity index (χ4n) is 1.99. The van der Waals surface area contributed by atoms with Crippen LogP contribution in [-0.4, -0.2) is 44.0 Å². The van der Waals surface area contributed by atoms with Crippen molar-refractivity contribution in [3.63, 3.8) is 0 Å². The van der Waals surface area contributed by atoms with Crippen LogP contribution in [0.15, 0.2) is 4.99 Å². The van der Waals surface area contributed by atoms with Crippen molar-refractivity contribution >= 4 is 5.96 Å². The zero-order chi connectivity index (χ0) is 14.6. The number of hydrogen-bond acceptors (Lipinski definition) is 3. The summed E-state index contributed by atoms with van der Waals surface area (Å²) in [4.78, 5) is 4.41. The molecule has 0 aromatic rings. The summed E-state index contributed by atoms with van der Waals surface area (Å²) in [7, 11) is 0. The lowest BCUT2D eigenvalue weighted by molar-refractivity contribution is 0.145. The lowest BCUT2D eigenvalue weighted by atomic mass is 9.79. The van der Waals surface area contributed by atoms with Crippen LogP contribution in [0.2, 0.25) is 0 Å². The number of guanidine groups is 1. The fraction of sp³-hybridized carbons (Fsp3) is 0.929. The molecule has 0 rings (SSSR count). The molecular weight excluding hydrogens is 242 g/mol. The Hall–Kier alpha value is -0.810. The van der Waals surface area contributed by atoms with Crippen LogP contribution in [0.1, 0.15) is 46.5 Å². The summed E-state index contributed by atoms with van der Waals surface area (Å²) in [6, 6.07) is 0. The molecule has 0 saturated carbocycles. The minimum absolute atomic E-state index is 0.0758. The molecule has 0 amide bonds. The number of nitrogens with one attached hydrogen (secondary N) is 1. The SMILES string of the molecule is CCOCCCNC(N)=NCC(CC)(CC)CCO. The number of aliphatic hydroxyl groups excluding tert-OH is 1. The Bertz CT molecular complexity index is 241. The van der Waals surface area contributed by atoms with Crippen molar-refractivity contribution in [3.05, 3.63) is 0 Å². The normalized spacial score (nSPS) is 12.7. The molecule has 5 nitrogen and oxygen atoms in total. The van der Waals surface area contributed by atoms with Crippen molar-refractivity contribution in [3.8, 4) is 0 Å². The summed E-state index contributed by atoms with van der Waals surface area (Å²) < 4.78 is 5.25. The maximum atomic E-state index is 9.14. The highest BCUT2D eigenvalue weighted by atomic mass is 16.5. The van der Waals surface area contributed by atoms with Gasteiger partial charge >= 0.3 is 0 Å². The molecule has 0 fully saturated rings. The molecule has 0 aromatic carbocycles. The van der Waals surface area contributed by atoms with E-state index in [2.05, 4.69) is 24.2 Å². The summed E-state index contributed by atoms with van der Waals surface area (Å²) in [5.74, 6) is 0.487. The number of ether oxygens (including phenoxy) is 1. The molecule has 19 heavy (non-hydrogen) atoms. The molecule has 114 valence electrons. The summed E-state index contributed by atoms with van der Waals surface area (Å²) in [5.41, 5.74) is 5.91. The summed E-state index contributed by atoms with van der Waals surface area (Å²) in [6.45, 7) is 9.42. The number of nitrogens with two attached hydrogens (primary N) is 1. The number of hydrogen-bond donors (Lipinski definition) is 3. The average Bonchev–Trinajstić information content (AvgIpc) is 2.43. The predicted molar refractivity (Wildman–Crippen MR) is 80.3 cm³/mol. The van der Waals surface area contributed by atoms with Crippen LogP contribution in [0, 0.1) is 5.41 Å². The van der Waals surface area contributed by atoms with Gasteiger partial charge in [-0.2, -0.15) is 0 Å². The van der Waals surface area contributed by atoms with Crippen molar-refractivity contribution in [1.82, 2.24) is 5.32 Å². The van der Waals surface area contributed by atoms with Gasteiger partial charge in [-0.25, -0.2) is 0 Å². The minimum atomic E-state index is 0.0758. The van der Waals surface area contributed by atoms with Gasteiger partial charge in [0.1, 0.15) is 0 Å². The van der Waals surface area contributed by atoms with E-state index in [-0.39, 0.29) is 12.0 Å². The molecule has 0 atom stereocenters. The zero-order valence-electron chi connectivity index (χ0n) is 12.7. The number of nitrogens with zero attached hydrogens (tertiary/aromatic N) is 1. The summed E-state index contributed by atoms with van der Waals surface area (Å²) >= 11 is 0. The quantitative estimate of drug-likeness (QED) is 0.303. The first-order valence-electron chi connectivity index (χ1n) is 7.36. The van der Waals surface area contributed by atoms with Crippen LogP contribution in [0.25, 0.3) is 0 Å². The Balaban J connectivity index is 4.05. The Labute approximate surface area is 117 Å². The Morgan fingerprint density at radius 3 is 2.53 bits per heavy atom. The molecule has 0 radical (unpaired) electrons. The molecule has 0 aliphatic heterocycles. The second-order valence-electron chi connectivity index (χ2n) is 4.86. The van der Waals surface area contributed by atoms with Crippen LogP contribution in [0.4, 0.5) is 0 Å². The molecule has 0 unspecified atom stereocenters. The van der Waals surface area contributed by atoms with E-state index in [1.54, 1.807) is 0 Å². The van der Waals surface area contributed by atoms with Crippen LogP contribution in [0.3, 0.4) is 0 Å². The smallest absolute Gasteiger partial charge is 0.188 e. The largest absolute Gasteiger partial charge is 0.396 e. The second kappa shape index (κ2) is 11.1. The highest BCUT2D eigenvalue weighted by Crippen LogP contribution is 2.30. The van der Waals surface area contributed by atoms with Gasteiger partial charge in [-0.1, -0.05) is 13.8 Å². The van der Waals surface area contributed by atoms with Gasteiger partial charge in [0, 0.05) is 32.9 Å². The molecule has 0 aliphatic carbocycles. The monoisotopic (exact) mass is 273 g/mol. The van der Waals surface area contributed by atoms with Gasteiger partial charge in [-0.15, -0.1) is 0 Å². The van der Waals surface area contributed by atoms with Crippen LogP contribution < -0.4 is 11.1 Å². The molecule has 0 bridgehead atoms. The topological polar surface area (TPSA) is 79.9 Å². The number of rotatable bonds is 11. The lowest BCUT2D eigenvalue weighted by Crippen LogP contribution is -2.35. The molecule has 0 heterocycles. The van der Waals surface area contributed by atoms with E-state index in [0.29, 0.717) is 12.5 Å². The van der Waals surface area contributed by atoms with Crippen molar-refractivity contribution in [2.45, 2.75) is 46.5 Å². The molecule has 5 heteroatoms. The molecule has 0 saturated heterocycles. The maximum Gasteiger partial charge on any atom is 0.188 e. The van der Waals surface area contributed by atoms with E-state index in [9.17, 15) is 0 Å². The van der Waals surface area contributed by atoms with Crippen molar-refractivity contribution in [1.29, 1.82) is 0 Å². The summed E-state index contributed by atoms with van der Waals surface area (Å²) in [6.07, 6.45) is 3.71. The minimum Gasteiger partial charge on any atom is -0.396 e. The average molecular weight is 273 g/mol. The lowest BCUT2D eigenvalue weighted by Gasteiger charge is -2.29. The molecule has 4 N–H and O–H groups in total. The van der Waals surface area contributed by atoms with E-state index in [0.717, 1.165) is 45.4 Å². The van der Waals surface area contributed by atoms with Crippen molar-refractivity contribution in [2.24, 2.45) is 16.1 Å². The molecule has 0 aliphatic rings. The van der Waals surface area contributed by atoms with Crippen LogP contribution in [-0.2, 0) is 4.74 Å². The number of aliphatic hydroxyl groups is 1. The van der Waals surface area contributed by atoms with E-state index < -0.39 is 0 Å². The highest BCUT2D eigenvalue weighted by molar-refractivity contribution is 5.77. The van der Waals surface area contributed by atoms with Gasteiger partial charge in [0.25, 0.3) is 0 Å². The highest BCUT2D eigenvalue weighted by Gasteiger charge is 2.25. The fourth-order valence-corrected chi connectivity index (χ4v) is 1.99. The first-order valence-corrected chi connectivity index (χ1v) is 7.36.